The molecule has 0 aliphatic carbocycles. The summed E-state index contributed by atoms with van der Waals surface area (Å²) < 4.78 is 3.35. The fourth-order valence-corrected chi connectivity index (χ4v) is 2.36. The molecule has 0 saturated carbocycles. The molecule has 0 saturated heterocycles. The van der Waals surface area contributed by atoms with E-state index in [-0.39, 0.29) is 11.7 Å². The molecule has 1 aromatic carbocycles. The molecule has 2 rings (SSSR count). The van der Waals surface area contributed by atoms with Crippen LogP contribution in [0.4, 0.5) is 0 Å². The van der Waals surface area contributed by atoms with Crippen LogP contribution in [0.5, 0.6) is 0 Å². The molecule has 108 valence electrons. The Bertz CT molecular complexity index is 639. The monoisotopic (exact) mass is 273 g/mol. The van der Waals surface area contributed by atoms with E-state index in [0.717, 1.165) is 6.54 Å². The number of benzene rings is 1. The van der Waals surface area contributed by atoms with Crippen LogP contribution >= 0.6 is 0 Å². The number of hydrogen-bond acceptors (Lipinski definition) is 2. The Balaban J connectivity index is 2.28. The van der Waals surface area contributed by atoms with Crippen LogP contribution < -0.4 is 11.0 Å². The lowest BCUT2D eigenvalue weighted by Crippen LogP contribution is -2.30. The molecule has 0 aliphatic rings. The van der Waals surface area contributed by atoms with E-state index in [1.807, 2.05) is 6.20 Å². The molecule has 4 nitrogen and oxygen atoms in total. The zero-order valence-electron chi connectivity index (χ0n) is 12.7. The Morgan fingerprint density at radius 2 is 1.95 bits per heavy atom. The summed E-state index contributed by atoms with van der Waals surface area (Å²) in [7, 11) is 1.77. The van der Waals surface area contributed by atoms with Gasteiger partial charge in [-0.3, -0.25) is 4.57 Å². The number of nitrogens with zero attached hydrogens (tertiary/aromatic N) is 2. The van der Waals surface area contributed by atoms with E-state index in [0.29, 0.717) is 6.54 Å². The van der Waals surface area contributed by atoms with Gasteiger partial charge in [0.1, 0.15) is 0 Å². The van der Waals surface area contributed by atoms with Crippen molar-refractivity contribution in [1.29, 1.82) is 0 Å². The van der Waals surface area contributed by atoms with Crippen molar-refractivity contribution < 1.29 is 0 Å². The van der Waals surface area contributed by atoms with Gasteiger partial charge in [0.05, 0.1) is 6.04 Å². The zero-order chi connectivity index (χ0) is 14.7. The van der Waals surface area contributed by atoms with Crippen molar-refractivity contribution in [3.63, 3.8) is 0 Å². The summed E-state index contributed by atoms with van der Waals surface area (Å²) >= 11 is 0. The van der Waals surface area contributed by atoms with Gasteiger partial charge in [0, 0.05) is 26.0 Å². The highest BCUT2D eigenvalue weighted by Crippen LogP contribution is 2.18. The molecule has 1 heterocycles. The van der Waals surface area contributed by atoms with Gasteiger partial charge in [0.2, 0.25) is 0 Å². The Hall–Kier alpha value is -1.81. The van der Waals surface area contributed by atoms with Crippen molar-refractivity contribution in [3.8, 4) is 0 Å². The summed E-state index contributed by atoms with van der Waals surface area (Å²) in [4.78, 5) is 12.0. The van der Waals surface area contributed by atoms with Gasteiger partial charge >= 0.3 is 5.69 Å². The molecule has 0 spiro atoms. The van der Waals surface area contributed by atoms with Crippen LogP contribution in [0, 0.1) is 13.8 Å². The summed E-state index contributed by atoms with van der Waals surface area (Å²) in [5.41, 5.74) is 3.83. The highest BCUT2D eigenvalue weighted by atomic mass is 16.1. The van der Waals surface area contributed by atoms with Crippen molar-refractivity contribution in [2.45, 2.75) is 33.4 Å². The summed E-state index contributed by atoms with van der Waals surface area (Å²) in [6.45, 7) is 7.84. The smallest absolute Gasteiger partial charge is 0.309 e. The molecule has 1 aromatic heterocycles. The lowest BCUT2D eigenvalue weighted by molar-refractivity contribution is 0.464. The standard InChI is InChI=1S/C16H23N3O/c1-5-17-15(11-19-9-8-18(4)16(19)20)14-7-6-12(2)13(3)10-14/h6-10,15,17H,5,11H2,1-4H3. The first kappa shape index (κ1) is 14.6. The summed E-state index contributed by atoms with van der Waals surface area (Å²) in [6, 6.07) is 6.64. The van der Waals surface area contributed by atoms with Gasteiger partial charge < -0.3 is 9.88 Å². The highest BCUT2D eigenvalue weighted by molar-refractivity contribution is 5.31. The number of imidazole rings is 1. The molecule has 1 unspecified atom stereocenters. The van der Waals surface area contributed by atoms with Crippen LogP contribution in [0.3, 0.4) is 0 Å². The Labute approximate surface area is 120 Å². The highest BCUT2D eigenvalue weighted by Gasteiger charge is 2.13. The molecule has 20 heavy (non-hydrogen) atoms. The number of hydrogen-bond donors (Lipinski definition) is 1. The van der Waals surface area contributed by atoms with Gasteiger partial charge in [-0.15, -0.1) is 0 Å². The average Bonchev–Trinajstić information content (AvgIpc) is 2.73. The second-order valence-corrected chi connectivity index (χ2v) is 5.30. The van der Waals surface area contributed by atoms with Gasteiger partial charge in [-0.2, -0.15) is 0 Å². The van der Waals surface area contributed by atoms with Crippen molar-refractivity contribution in [1.82, 2.24) is 14.5 Å². The molecule has 1 N–H and O–H groups in total. The van der Waals surface area contributed by atoms with Gasteiger partial charge in [-0.05, 0) is 37.1 Å². The molecular weight excluding hydrogens is 250 g/mol. The molecule has 0 bridgehead atoms. The zero-order valence-corrected chi connectivity index (χ0v) is 12.7. The first-order valence-electron chi connectivity index (χ1n) is 7.05. The van der Waals surface area contributed by atoms with E-state index in [1.54, 1.807) is 22.4 Å². The first-order valence-corrected chi connectivity index (χ1v) is 7.05. The lowest BCUT2D eigenvalue weighted by atomic mass is 10.0. The van der Waals surface area contributed by atoms with Crippen LogP contribution in [0.2, 0.25) is 0 Å². The number of rotatable bonds is 5. The summed E-state index contributed by atoms with van der Waals surface area (Å²) in [5.74, 6) is 0. The lowest BCUT2D eigenvalue weighted by Gasteiger charge is -2.19. The number of nitrogens with one attached hydrogen (secondary N) is 1. The van der Waals surface area contributed by atoms with E-state index in [9.17, 15) is 4.79 Å². The van der Waals surface area contributed by atoms with Crippen LogP contribution in [-0.2, 0) is 13.6 Å². The average molecular weight is 273 g/mol. The fraction of sp³-hybridized carbons (Fsp3) is 0.438. The Morgan fingerprint density at radius 1 is 1.20 bits per heavy atom. The Morgan fingerprint density at radius 3 is 2.50 bits per heavy atom. The van der Waals surface area contributed by atoms with E-state index in [4.69, 9.17) is 0 Å². The van der Waals surface area contributed by atoms with Crippen LogP contribution in [0.15, 0.2) is 35.4 Å². The Kier molecular flexibility index (Phi) is 4.45. The summed E-state index contributed by atoms with van der Waals surface area (Å²) in [6.07, 6.45) is 3.64. The normalized spacial score (nSPS) is 12.6. The SMILES string of the molecule is CCNC(Cn1ccn(C)c1=O)c1ccc(C)c(C)c1. The van der Waals surface area contributed by atoms with Gasteiger partial charge in [-0.25, -0.2) is 4.79 Å². The topological polar surface area (TPSA) is 39.0 Å². The molecule has 4 heteroatoms. The van der Waals surface area contributed by atoms with Crippen molar-refractivity contribution in [2.24, 2.45) is 7.05 Å². The van der Waals surface area contributed by atoms with Crippen LogP contribution in [0.25, 0.3) is 0 Å². The molecule has 0 amide bonds. The quantitative estimate of drug-likeness (QED) is 0.906. The third kappa shape index (κ3) is 3.02. The van der Waals surface area contributed by atoms with E-state index >= 15 is 0 Å². The maximum absolute atomic E-state index is 12.0. The minimum absolute atomic E-state index is 0.0248. The minimum Gasteiger partial charge on any atom is -0.309 e. The summed E-state index contributed by atoms with van der Waals surface area (Å²) in [5, 5.41) is 3.46. The van der Waals surface area contributed by atoms with Crippen LogP contribution in [-0.4, -0.2) is 15.7 Å². The largest absolute Gasteiger partial charge is 0.327 e. The molecule has 0 aliphatic heterocycles. The predicted molar refractivity (Wildman–Crippen MR) is 82.0 cm³/mol. The van der Waals surface area contributed by atoms with Crippen LogP contribution in [0.1, 0.15) is 29.7 Å². The molecule has 0 radical (unpaired) electrons. The van der Waals surface area contributed by atoms with E-state index in [2.05, 4.69) is 44.3 Å². The fourth-order valence-electron chi connectivity index (χ4n) is 2.36. The van der Waals surface area contributed by atoms with Crippen molar-refractivity contribution >= 4 is 0 Å². The first-order chi connectivity index (χ1) is 9.52. The van der Waals surface area contributed by atoms with E-state index < -0.39 is 0 Å². The van der Waals surface area contributed by atoms with E-state index in [1.165, 1.54) is 16.7 Å². The van der Waals surface area contributed by atoms with Gasteiger partial charge in [-0.1, -0.05) is 25.1 Å². The molecule has 0 fully saturated rings. The van der Waals surface area contributed by atoms with Crippen molar-refractivity contribution in [3.05, 3.63) is 57.8 Å². The minimum atomic E-state index is 0.0248. The molecule has 2 aromatic rings. The second kappa shape index (κ2) is 6.09. The van der Waals surface area contributed by atoms with Crippen molar-refractivity contribution in [2.75, 3.05) is 6.54 Å². The maximum atomic E-state index is 12.0. The van der Waals surface area contributed by atoms with Gasteiger partial charge in [0.15, 0.2) is 0 Å². The second-order valence-electron chi connectivity index (χ2n) is 5.30. The van der Waals surface area contributed by atoms with Gasteiger partial charge in [0.25, 0.3) is 0 Å². The third-order valence-corrected chi connectivity index (χ3v) is 3.78. The number of aromatic nitrogens is 2. The number of likely N-dealkylation sites (N-methyl/N-ethyl adjacent to an activating group) is 1. The number of aryl methyl sites for hydroxylation is 3. The molecule has 1 atom stereocenters. The third-order valence-electron chi connectivity index (χ3n) is 3.78. The molecular formula is C16H23N3O. The maximum Gasteiger partial charge on any atom is 0.327 e. The predicted octanol–water partition coefficient (Wildman–Crippen LogP) is 2.15.